The lowest BCUT2D eigenvalue weighted by molar-refractivity contribution is 0.233. The van der Waals surface area contributed by atoms with Gasteiger partial charge in [-0.2, -0.15) is 0 Å². The lowest BCUT2D eigenvalue weighted by Crippen LogP contribution is -2.19. The molecule has 0 amide bonds. The number of amidine groups is 1. The van der Waals surface area contributed by atoms with Crippen LogP contribution in [-0.4, -0.2) is 23.1 Å². The van der Waals surface area contributed by atoms with Gasteiger partial charge in [0, 0.05) is 6.20 Å². The number of rotatable bonds is 2. The summed E-state index contributed by atoms with van der Waals surface area (Å²) in [5.41, 5.74) is 2.14. The van der Waals surface area contributed by atoms with E-state index in [0.29, 0.717) is 11.4 Å². The smallest absolute Gasteiger partial charge is 0.224 e. The molecular formula is C7H9N3O2. The summed E-state index contributed by atoms with van der Waals surface area (Å²) >= 11 is 0. The van der Waals surface area contributed by atoms with E-state index in [-0.39, 0.29) is 5.84 Å². The van der Waals surface area contributed by atoms with Gasteiger partial charge in [0.05, 0.1) is 12.7 Å². The fourth-order valence-electron chi connectivity index (χ4n) is 0.804. The fourth-order valence-corrected chi connectivity index (χ4v) is 0.804. The third-order valence-electron chi connectivity index (χ3n) is 1.35. The predicted octanol–water partition coefficient (Wildman–Crippen LogP) is 0.394. The number of hydrogen-bond donors (Lipinski definition) is 3. The van der Waals surface area contributed by atoms with Crippen molar-refractivity contribution in [1.82, 2.24) is 10.5 Å². The van der Waals surface area contributed by atoms with Crippen LogP contribution in [0.3, 0.4) is 0 Å². The van der Waals surface area contributed by atoms with Gasteiger partial charge in [0.1, 0.15) is 0 Å². The molecule has 0 atom stereocenters. The molecule has 0 aliphatic rings. The molecule has 0 unspecified atom stereocenters. The highest BCUT2D eigenvalue weighted by molar-refractivity contribution is 5.97. The Balaban J connectivity index is 3.04. The maximum atomic E-state index is 8.45. The first-order valence-electron chi connectivity index (χ1n) is 3.27. The van der Waals surface area contributed by atoms with Crippen molar-refractivity contribution in [3.63, 3.8) is 0 Å². The zero-order chi connectivity index (χ0) is 8.97. The Morgan fingerprint density at radius 3 is 3.08 bits per heavy atom. The van der Waals surface area contributed by atoms with Gasteiger partial charge in [0.2, 0.25) is 5.88 Å². The van der Waals surface area contributed by atoms with E-state index in [9.17, 15) is 0 Å². The molecule has 0 aliphatic carbocycles. The minimum absolute atomic E-state index is 0.139. The third kappa shape index (κ3) is 1.51. The fraction of sp³-hybridized carbons (Fsp3) is 0.143. The molecule has 0 saturated carbocycles. The zero-order valence-electron chi connectivity index (χ0n) is 6.53. The average Bonchev–Trinajstić information content (AvgIpc) is 2.16. The molecule has 0 spiro atoms. The molecule has 3 N–H and O–H groups in total. The van der Waals surface area contributed by atoms with Gasteiger partial charge >= 0.3 is 0 Å². The van der Waals surface area contributed by atoms with Crippen LogP contribution in [0, 0.1) is 5.41 Å². The molecule has 0 saturated heterocycles. The Morgan fingerprint density at radius 1 is 1.75 bits per heavy atom. The predicted molar refractivity (Wildman–Crippen MR) is 42.5 cm³/mol. The van der Waals surface area contributed by atoms with Crippen LogP contribution in [0.25, 0.3) is 0 Å². The molecular weight excluding hydrogens is 158 g/mol. The molecule has 0 aliphatic heterocycles. The molecule has 1 aromatic heterocycles. The van der Waals surface area contributed by atoms with Crippen LogP contribution in [0.15, 0.2) is 18.3 Å². The van der Waals surface area contributed by atoms with Gasteiger partial charge in [-0.1, -0.05) is 0 Å². The first kappa shape index (κ1) is 8.48. The van der Waals surface area contributed by atoms with Gasteiger partial charge in [0.25, 0.3) is 0 Å². The van der Waals surface area contributed by atoms with Gasteiger partial charge in [-0.15, -0.1) is 0 Å². The van der Waals surface area contributed by atoms with Crippen molar-refractivity contribution >= 4 is 5.84 Å². The minimum Gasteiger partial charge on any atom is -0.480 e. The molecule has 1 aromatic rings. The van der Waals surface area contributed by atoms with E-state index < -0.39 is 0 Å². The third-order valence-corrected chi connectivity index (χ3v) is 1.35. The number of nitrogens with zero attached hydrogens (tertiary/aromatic N) is 1. The molecule has 0 aromatic carbocycles. The van der Waals surface area contributed by atoms with Crippen molar-refractivity contribution in [2.75, 3.05) is 7.11 Å². The number of hydrogen-bond acceptors (Lipinski definition) is 4. The topological polar surface area (TPSA) is 78.2 Å². The van der Waals surface area contributed by atoms with Crippen LogP contribution in [0.1, 0.15) is 5.56 Å². The van der Waals surface area contributed by atoms with Crippen LogP contribution in [0.2, 0.25) is 0 Å². The maximum Gasteiger partial charge on any atom is 0.224 e. The van der Waals surface area contributed by atoms with Crippen LogP contribution < -0.4 is 10.2 Å². The molecule has 1 rings (SSSR count). The monoisotopic (exact) mass is 167 g/mol. The first-order valence-corrected chi connectivity index (χ1v) is 3.27. The number of ether oxygens (including phenoxy) is 1. The Hall–Kier alpha value is -1.62. The molecule has 12 heavy (non-hydrogen) atoms. The summed E-state index contributed by atoms with van der Waals surface area (Å²) in [5, 5.41) is 15.7. The summed E-state index contributed by atoms with van der Waals surface area (Å²) in [4.78, 5) is 3.85. The van der Waals surface area contributed by atoms with E-state index in [2.05, 4.69) is 4.98 Å². The quantitative estimate of drug-likeness (QED) is 0.338. The van der Waals surface area contributed by atoms with E-state index in [0.717, 1.165) is 0 Å². The van der Waals surface area contributed by atoms with Crippen molar-refractivity contribution in [3.8, 4) is 5.88 Å². The summed E-state index contributed by atoms with van der Waals surface area (Å²) in [7, 11) is 1.45. The Morgan fingerprint density at radius 2 is 2.50 bits per heavy atom. The second-order valence-corrected chi connectivity index (χ2v) is 2.05. The van der Waals surface area contributed by atoms with E-state index in [4.69, 9.17) is 15.4 Å². The first-order chi connectivity index (χ1) is 5.79. The van der Waals surface area contributed by atoms with Crippen LogP contribution in [0.5, 0.6) is 5.88 Å². The standard InChI is InChI=1S/C7H9N3O2/c1-12-7-5(6(8)10-11)3-2-4-9-7/h2-4,11H,1H3,(H2,8,10). The van der Waals surface area contributed by atoms with E-state index in [1.54, 1.807) is 23.8 Å². The number of nitrogens with one attached hydrogen (secondary N) is 2. The van der Waals surface area contributed by atoms with Crippen molar-refractivity contribution in [2.45, 2.75) is 0 Å². The number of aromatic nitrogens is 1. The largest absolute Gasteiger partial charge is 0.480 e. The van der Waals surface area contributed by atoms with Gasteiger partial charge < -0.3 is 4.74 Å². The second-order valence-electron chi connectivity index (χ2n) is 2.05. The highest BCUT2D eigenvalue weighted by Crippen LogP contribution is 2.12. The molecule has 5 nitrogen and oxygen atoms in total. The molecule has 0 bridgehead atoms. The molecule has 5 heteroatoms. The summed E-state index contributed by atoms with van der Waals surface area (Å²) in [6, 6.07) is 3.28. The van der Waals surface area contributed by atoms with Gasteiger partial charge in [-0.25, -0.2) is 4.98 Å². The van der Waals surface area contributed by atoms with Crippen molar-refractivity contribution in [2.24, 2.45) is 0 Å². The van der Waals surface area contributed by atoms with Crippen LogP contribution >= 0.6 is 0 Å². The lowest BCUT2D eigenvalue weighted by atomic mass is 10.2. The van der Waals surface area contributed by atoms with Gasteiger partial charge in [-0.3, -0.25) is 16.1 Å². The molecule has 64 valence electrons. The normalized spacial score (nSPS) is 9.17. The Labute approximate surface area is 69.5 Å². The number of methoxy groups -OCH3 is 1. The van der Waals surface area contributed by atoms with E-state index >= 15 is 0 Å². The van der Waals surface area contributed by atoms with Crippen molar-refractivity contribution in [1.29, 1.82) is 5.41 Å². The summed E-state index contributed by atoms with van der Waals surface area (Å²) in [6.45, 7) is 0. The summed E-state index contributed by atoms with van der Waals surface area (Å²) < 4.78 is 4.87. The van der Waals surface area contributed by atoms with E-state index in [1.807, 2.05) is 0 Å². The Kier molecular flexibility index (Phi) is 2.60. The highest BCUT2D eigenvalue weighted by atomic mass is 16.5. The van der Waals surface area contributed by atoms with E-state index in [1.165, 1.54) is 7.11 Å². The van der Waals surface area contributed by atoms with Crippen molar-refractivity contribution < 1.29 is 9.94 Å². The average molecular weight is 167 g/mol. The highest BCUT2D eigenvalue weighted by Gasteiger charge is 2.06. The minimum atomic E-state index is -0.139. The lowest BCUT2D eigenvalue weighted by Gasteiger charge is -2.05. The number of hydroxylamine groups is 1. The molecule has 0 radical (unpaired) electrons. The molecule has 1 heterocycles. The zero-order valence-corrected chi connectivity index (χ0v) is 6.53. The summed E-state index contributed by atoms with van der Waals surface area (Å²) in [6.07, 6.45) is 1.55. The second kappa shape index (κ2) is 3.68. The van der Waals surface area contributed by atoms with Crippen LogP contribution in [-0.2, 0) is 0 Å². The van der Waals surface area contributed by atoms with Crippen LogP contribution in [0.4, 0.5) is 0 Å². The van der Waals surface area contributed by atoms with Crippen molar-refractivity contribution in [3.05, 3.63) is 23.9 Å². The Bertz CT molecular complexity index is 288. The SMILES string of the molecule is COc1ncccc1C(=N)NO. The number of pyridine rings is 1. The molecule has 0 fully saturated rings. The van der Waals surface area contributed by atoms with Gasteiger partial charge in [0.15, 0.2) is 5.84 Å². The maximum absolute atomic E-state index is 8.45. The van der Waals surface area contributed by atoms with Gasteiger partial charge in [-0.05, 0) is 12.1 Å². The summed E-state index contributed by atoms with van der Waals surface area (Å²) in [5.74, 6) is 0.170.